The Labute approximate surface area is 166 Å². The molecule has 0 amide bonds. The monoisotopic (exact) mass is 437 g/mol. The number of nitrogens with zero attached hydrogens (tertiary/aromatic N) is 1. The zero-order valence-electron chi connectivity index (χ0n) is 15.2. The van der Waals surface area contributed by atoms with Crippen molar-refractivity contribution in [2.24, 2.45) is 10.7 Å². The first-order chi connectivity index (χ1) is 13.9. The van der Waals surface area contributed by atoms with Crippen molar-refractivity contribution < 1.29 is 40.9 Å². The lowest BCUT2D eigenvalue weighted by molar-refractivity contribution is -0.274. The molecule has 0 aromatic heterocycles. The van der Waals surface area contributed by atoms with E-state index in [0.717, 1.165) is 30.3 Å². The molecule has 2 rings (SSSR count). The second-order valence-corrected chi connectivity index (χ2v) is 5.88. The number of benzene rings is 2. The van der Waals surface area contributed by atoms with Crippen LogP contribution in [0, 0.1) is 0 Å². The maximum atomic E-state index is 12.5. The van der Waals surface area contributed by atoms with E-state index in [1.165, 1.54) is 18.2 Å². The third kappa shape index (κ3) is 7.70. The average Bonchev–Trinajstić information content (AvgIpc) is 2.65. The zero-order valence-corrected chi connectivity index (χ0v) is 15.2. The number of halogens is 6. The Hall–Kier alpha value is -3.15. The topological polar surface area (TPSA) is 89.1 Å². The molecule has 0 fully saturated rings. The summed E-state index contributed by atoms with van der Waals surface area (Å²) in [5.41, 5.74) is 4.66. The Balaban J connectivity index is 1.87. The number of aliphatic imine (C=N–C) groups is 1. The smallest absolute Gasteiger partial charge is 0.491 e. The number of hydrogen-bond donors (Lipinski definition) is 3. The van der Waals surface area contributed by atoms with Crippen molar-refractivity contribution in [3.63, 3.8) is 0 Å². The molecule has 1 unspecified atom stereocenters. The van der Waals surface area contributed by atoms with Crippen LogP contribution < -0.4 is 20.5 Å². The van der Waals surface area contributed by atoms with E-state index in [-0.39, 0.29) is 30.5 Å². The highest BCUT2D eigenvalue weighted by atomic mass is 19.4. The van der Waals surface area contributed by atoms with E-state index in [4.69, 9.17) is 10.5 Å². The number of aliphatic hydroxyl groups is 1. The Morgan fingerprint density at radius 3 is 2.27 bits per heavy atom. The van der Waals surface area contributed by atoms with Crippen molar-refractivity contribution in [2.45, 2.75) is 18.6 Å². The molecule has 0 saturated heterocycles. The summed E-state index contributed by atoms with van der Waals surface area (Å²) in [6, 6.07) is 9.03. The number of anilines is 1. The highest BCUT2D eigenvalue weighted by molar-refractivity contribution is 5.93. The maximum Gasteiger partial charge on any atom is 0.573 e. The molecule has 0 radical (unpaired) electrons. The van der Waals surface area contributed by atoms with Crippen LogP contribution in [0.4, 0.5) is 32.0 Å². The van der Waals surface area contributed by atoms with Crippen LogP contribution >= 0.6 is 0 Å². The fraction of sp³-hybridized carbons (Fsp3) is 0.278. The summed E-state index contributed by atoms with van der Waals surface area (Å²) in [4.78, 5) is 3.78. The predicted molar refractivity (Wildman–Crippen MR) is 96.2 cm³/mol. The molecule has 6 nitrogen and oxygen atoms in total. The second-order valence-electron chi connectivity index (χ2n) is 5.88. The molecule has 0 aliphatic carbocycles. The molecule has 30 heavy (non-hydrogen) atoms. The van der Waals surface area contributed by atoms with Crippen LogP contribution in [0.2, 0.25) is 0 Å². The van der Waals surface area contributed by atoms with E-state index in [2.05, 4.69) is 15.0 Å². The minimum absolute atomic E-state index is 0.0911. The van der Waals surface area contributed by atoms with Crippen molar-refractivity contribution >= 4 is 11.6 Å². The molecule has 0 saturated carbocycles. The van der Waals surface area contributed by atoms with Gasteiger partial charge in [-0.05, 0) is 36.4 Å². The first-order valence-electron chi connectivity index (χ1n) is 8.34. The summed E-state index contributed by atoms with van der Waals surface area (Å²) < 4.78 is 83.7. The molecule has 0 heterocycles. The first kappa shape index (κ1) is 23.1. The molecule has 4 N–H and O–H groups in total. The number of nitrogens with one attached hydrogen (secondary N) is 1. The first-order valence-corrected chi connectivity index (χ1v) is 8.34. The summed E-state index contributed by atoms with van der Waals surface area (Å²) >= 11 is 0. The van der Waals surface area contributed by atoms with Gasteiger partial charge >= 0.3 is 12.5 Å². The van der Waals surface area contributed by atoms with E-state index in [9.17, 15) is 31.4 Å². The van der Waals surface area contributed by atoms with Crippen LogP contribution in [0.1, 0.15) is 5.56 Å². The lowest BCUT2D eigenvalue weighted by Crippen LogP contribution is -2.27. The van der Waals surface area contributed by atoms with Gasteiger partial charge in [0, 0.05) is 0 Å². The Kier molecular flexibility index (Phi) is 7.38. The number of guanidine groups is 1. The van der Waals surface area contributed by atoms with Gasteiger partial charge in [0.05, 0.1) is 17.8 Å². The molecule has 164 valence electrons. The van der Waals surface area contributed by atoms with Crippen LogP contribution in [-0.2, 0) is 6.18 Å². The molecule has 0 spiro atoms. The molecular weight excluding hydrogens is 420 g/mol. The number of rotatable bonds is 7. The van der Waals surface area contributed by atoms with Crippen LogP contribution in [-0.4, -0.2) is 36.7 Å². The molecule has 0 aliphatic heterocycles. The molecule has 12 heteroatoms. The number of aliphatic hydroxyl groups excluding tert-OH is 1. The SMILES string of the molecule is NC(=NCC(O)COc1ccc(C(F)(F)F)cc1)Nc1ccccc1OC(F)(F)F. The van der Waals surface area contributed by atoms with Gasteiger partial charge in [0.25, 0.3) is 0 Å². The Morgan fingerprint density at radius 2 is 1.67 bits per heavy atom. The van der Waals surface area contributed by atoms with Gasteiger partial charge in [-0.25, -0.2) is 0 Å². The van der Waals surface area contributed by atoms with Gasteiger partial charge in [-0.2, -0.15) is 13.2 Å². The van der Waals surface area contributed by atoms with Gasteiger partial charge in [-0.15, -0.1) is 13.2 Å². The summed E-state index contributed by atoms with van der Waals surface area (Å²) in [5.74, 6) is -0.702. The molecule has 0 aliphatic rings. The largest absolute Gasteiger partial charge is 0.573 e. The fourth-order valence-corrected chi connectivity index (χ4v) is 2.15. The quantitative estimate of drug-likeness (QED) is 0.349. The highest BCUT2D eigenvalue weighted by Crippen LogP contribution is 2.31. The van der Waals surface area contributed by atoms with E-state index in [1.807, 2.05) is 0 Å². The van der Waals surface area contributed by atoms with Gasteiger partial charge in [-0.3, -0.25) is 4.99 Å². The van der Waals surface area contributed by atoms with Gasteiger partial charge in [0.2, 0.25) is 0 Å². The number of ether oxygens (including phenoxy) is 2. The summed E-state index contributed by atoms with van der Waals surface area (Å²) in [7, 11) is 0. The standard InChI is InChI=1S/C18H17F6N3O3/c19-17(20,21)11-5-7-13(8-6-11)29-10-12(28)9-26-16(25)27-14-3-1-2-4-15(14)30-18(22,23)24/h1-8,12,28H,9-10H2,(H3,25,26,27). The van der Waals surface area contributed by atoms with Gasteiger partial charge in [-0.1, -0.05) is 12.1 Å². The second kappa shape index (κ2) is 9.57. The molecule has 2 aromatic rings. The normalized spacial score (nSPS) is 13.6. The molecule has 2 aromatic carbocycles. The van der Waals surface area contributed by atoms with Crippen LogP contribution in [0.5, 0.6) is 11.5 Å². The lowest BCUT2D eigenvalue weighted by atomic mass is 10.2. The molecule has 1 atom stereocenters. The highest BCUT2D eigenvalue weighted by Gasteiger charge is 2.32. The summed E-state index contributed by atoms with van der Waals surface area (Å²) in [5, 5.41) is 12.3. The van der Waals surface area contributed by atoms with E-state index >= 15 is 0 Å². The zero-order chi connectivity index (χ0) is 22.4. The van der Waals surface area contributed by atoms with Crippen molar-refractivity contribution in [1.29, 1.82) is 0 Å². The van der Waals surface area contributed by atoms with Crippen LogP contribution in [0.3, 0.4) is 0 Å². The van der Waals surface area contributed by atoms with Crippen LogP contribution in [0.25, 0.3) is 0 Å². The van der Waals surface area contributed by atoms with E-state index in [0.29, 0.717) is 0 Å². The van der Waals surface area contributed by atoms with Gasteiger partial charge < -0.3 is 25.6 Å². The van der Waals surface area contributed by atoms with Crippen molar-refractivity contribution in [3.8, 4) is 11.5 Å². The third-order valence-electron chi connectivity index (χ3n) is 3.47. The van der Waals surface area contributed by atoms with Gasteiger partial charge in [0.1, 0.15) is 18.5 Å². The third-order valence-corrected chi connectivity index (χ3v) is 3.47. The van der Waals surface area contributed by atoms with Gasteiger partial charge in [0.15, 0.2) is 11.7 Å². The Bertz CT molecular complexity index is 853. The number of alkyl halides is 6. The number of para-hydroxylation sites is 2. The van der Waals surface area contributed by atoms with Crippen molar-refractivity contribution in [2.75, 3.05) is 18.5 Å². The molecule has 0 bridgehead atoms. The molecular formula is C18H17F6N3O3. The average molecular weight is 437 g/mol. The number of hydrogen-bond acceptors (Lipinski definition) is 4. The minimum Gasteiger partial charge on any atom is -0.491 e. The fourth-order valence-electron chi connectivity index (χ4n) is 2.15. The lowest BCUT2D eigenvalue weighted by Gasteiger charge is -2.15. The van der Waals surface area contributed by atoms with Crippen molar-refractivity contribution in [1.82, 2.24) is 0 Å². The minimum atomic E-state index is -4.89. The van der Waals surface area contributed by atoms with E-state index < -0.39 is 30.0 Å². The Morgan fingerprint density at radius 1 is 1.03 bits per heavy atom. The maximum absolute atomic E-state index is 12.5. The predicted octanol–water partition coefficient (Wildman–Crippen LogP) is 3.77. The number of nitrogens with two attached hydrogens (primary N) is 1. The summed E-state index contributed by atoms with van der Waals surface area (Å²) in [6.07, 6.45) is -10.5. The van der Waals surface area contributed by atoms with Crippen molar-refractivity contribution in [3.05, 3.63) is 54.1 Å². The van der Waals surface area contributed by atoms with Crippen LogP contribution in [0.15, 0.2) is 53.5 Å². The summed E-state index contributed by atoms with van der Waals surface area (Å²) in [6.45, 7) is -0.572. The van der Waals surface area contributed by atoms with E-state index in [1.54, 1.807) is 0 Å².